The van der Waals surface area contributed by atoms with Crippen LogP contribution < -0.4 is 10.6 Å². The van der Waals surface area contributed by atoms with Crippen molar-refractivity contribution in [3.63, 3.8) is 0 Å². The molecule has 2 aromatic carbocycles. The Morgan fingerprint density at radius 3 is 2.00 bits per heavy atom. The van der Waals surface area contributed by atoms with Crippen molar-refractivity contribution in [2.45, 2.75) is 32.7 Å². The first-order valence-corrected chi connectivity index (χ1v) is 8.92. The van der Waals surface area contributed by atoms with Gasteiger partial charge in [-0.2, -0.15) is 0 Å². The Kier molecular flexibility index (Phi) is 7.07. The van der Waals surface area contributed by atoms with Gasteiger partial charge in [0.15, 0.2) is 0 Å². The van der Waals surface area contributed by atoms with Crippen LogP contribution in [0.2, 0.25) is 0 Å². The van der Waals surface area contributed by atoms with E-state index >= 15 is 0 Å². The largest absolute Gasteiger partial charge is 0.325 e. The number of halogens is 1. The maximum Gasteiger partial charge on any atom is 0.241 e. The van der Waals surface area contributed by atoms with Gasteiger partial charge in [-0.05, 0) is 61.9 Å². The van der Waals surface area contributed by atoms with E-state index < -0.39 is 6.04 Å². The Bertz CT molecular complexity index is 773. The predicted octanol–water partition coefficient (Wildman–Crippen LogP) is 3.85. The van der Waals surface area contributed by atoms with Crippen molar-refractivity contribution >= 4 is 23.2 Å². The second-order valence-electron chi connectivity index (χ2n) is 6.91. The molecule has 6 heteroatoms. The number of likely N-dealkylation sites (N-methyl/N-ethyl adjacent to an activating group) is 1. The first-order valence-electron chi connectivity index (χ1n) is 8.92. The van der Waals surface area contributed by atoms with Crippen LogP contribution >= 0.6 is 0 Å². The number of amides is 2. The van der Waals surface area contributed by atoms with Crippen LogP contribution in [0.5, 0.6) is 0 Å². The van der Waals surface area contributed by atoms with Crippen LogP contribution in [-0.4, -0.2) is 36.3 Å². The van der Waals surface area contributed by atoms with Crippen LogP contribution in [0.3, 0.4) is 0 Å². The molecule has 0 aromatic heterocycles. The monoisotopic (exact) mass is 371 g/mol. The van der Waals surface area contributed by atoms with Crippen molar-refractivity contribution in [2.75, 3.05) is 24.2 Å². The second kappa shape index (κ2) is 9.28. The fraction of sp³-hybridized carbons (Fsp3) is 0.333. The number of nitrogens with one attached hydrogen (secondary N) is 2. The number of hydrogen-bond acceptors (Lipinski definition) is 3. The van der Waals surface area contributed by atoms with Crippen molar-refractivity contribution < 1.29 is 14.0 Å². The molecular weight excluding hydrogens is 345 g/mol. The molecule has 1 atom stereocenters. The van der Waals surface area contributed by atoms with Crippen molar-refractivity contribution in [1.29, 1.82) is 0 Å². The Morgan fingerprint density at radius 2 is 1.44 bits per heavy atom. The molecule has 0 aliphatic heterocycles. The first-order chi connectivity index (χ1) is 12.8. The summed E-state index contributed by atoms with van der Waals surface area (Å²) < 4.78 is 12.9. The number of anilines is 2. The summed E-state index contributed by atoms with van der Waals surface area (Å²) in [6.07, 6.45) is 0. The van der Waals surface area contributed by atoms with E-state index in [0.717, 1.165) is 5.69 Å². The third kappa shape index (κ3) is 6.18. The molecule has 0 aliphatic rings. The third-order valence-corrected chi connectivity index (χ3v) is 4.41. The Balaban J connectivity index is 1.87. The maximum absolute atomic E-state index is 12.9. The van der Waals surface area contributed by atoms with Crippen molar-refractivity contribution in [2.24, 2.45) is 0 Å². The van der Waals surface area contributed by atoms with Gasteiger partial charge >= 0.3 is 0 Å². The number of nitrogens with zero attached hydrogens (tertiary/aromatic N) is 1. The predicted molar refractivity (Wildman–Crippen MR) is 106 cm³/mol. The van der Waals surface area contributed by atoms with Crippen LogP contribution in [0.1, 0.15) is 32.3 Å². The Morgan fingerprint density at radius 1 is 0.926 bits per heavy atom. The van der Waals surface area contributed by atoms with Crippen LogP contribution in [0.4, 0.5) is 15.8 Å². The molecule has 0 spiro atoms. The smallest absolute Gasteiger partial charge is 0.241 e. The molecule has 0 saturated heterocycles. The van der Waals surface area contributed by atoms with Gasteiger partial charge in [0, 0.05) is 11.4 Å². The summed E-state index contributed by atoms with van der Waals surface area (Å²) in [7, 11) is 1.70. The Labute approximate surface area is 159 Å². The topological polar surface area (TPSA) is 61.4 Å². The molecule has 5 nitrogen and oxygen atoms in total. The van der Waals surface area contributed by atoms with Gasteiger partial charge in [-0.15, -0.1) is 0 Å². The van der Waals surface area contributed by atoms with E-state index in [2.05, 4.69) is 24.5 Å². The van der Waals surface area contributed by atoms with Crippen LogP contribution in [0, 0.1) is 5.82 Å². The quantitative estimate of drug-likeness (QED) is 0.777. The van der Waals surface area contributed by atoms with Gasteiger partial charge in [0.25, 0.3) is 0 Å². The average Bonchev–Trinajstić information content (AvgIpc) is 2.63. The van der Waals surface area contributed by atoms with Crippen molar-refractivity contribution in [1.82, 2.24) is 4.90 Å². The fourth-order valence-corrected chi connectivity index (χ4v) is 2.50. The van der Waals surface area contributed by atoms with Gasteiger partial charge < -0.3 is 10.6 Å². The van der Waals surface area contributed by atoms with Gasteiger partial charge in [-0.25, -0.2) is 4.39 Å². The van der Waals surface area contributed by atoms with Gasteiger partial charge in [0.1, 0.15) is 5.82 Å². The minimum Gasteiger partial charge on any atom is -0.325 e. The zero-order valence-electron chi connectivity index (χ0n) is 16.1. The van der Waals surface area contributed by atoms with Crippen LogP contribution in [0.25, 0.3) is 0 Å². The van der Waals surface area contributed by atoms with Crippen LogP contribution in [-0.2, 0) is 9.59 Å². The second-order valence-corrected chi connectivity index (χ2v) is 6.91. The fourth-order valence-electron chi connectivity index (χ4n) is 2.50. The molecule has 2 amide bonds. The Hall–Kier alpha value is -2.73. The minimum atomic E-state index is -0.492. The van der Waals surface area contributed by atoms with Gasteiger partial charge in [-0.1, -0.05) is 26.0 Å². The molecule has 0 radical (unpaired) electrons. The van der Waals surface area contributed by atoms with E-state index in [1.54, 1.807) is 18.9 Å². The molecule has 0 bridgehead atoms. The average molecular weight is 371 g/mol. The molecule has 0 aliphatic carbocycles. The van der Waals surface area contributed by atoms with Gasteiger partial charge in [-0.3, -0.25) is 14.5 Å². The lowest BCUT2D eigenvalue weighted by molar-refractivity contribution is -0.122. The summed E-state index contributed by atoms with van der Waals surface area (Å²) in [6, 6.07) is 12.8. The van der Waals surface area contributed by atoms with Crippen molar-refractivity contribution in [3.8, 4) is 0 Å². The lowest BCUT2D eigenvalue weighted by Gasteiger charge is -2.23. The first kappa shape index (κ1) is 20.6. The van der Waals surface area contributed by atoms with E-state index in [9.17, 15) is 14.0 Å². The molecule has 0 heterocycles. The number of carbonyl (C=O) groups is 2. The molecular formula is C21H26FN3O2. The summed E-state index contributed by atoms with van der Waals surface area (Å²) in [5, 5.41) is 5.55. The summed E-state index contributed by atoms with van der Waals surface area (Å²) in [4.78, 5) is 26.2. The summed E-state index contributed by atoms with van der Waals surface area (Å²) >= 11 is 0. The summed E-state index contributed by atoms with van der Waals surface area (Å²) in [5.74, 6) is -0.398. The zero-order chi connectivity index (χ0) is 20.0. The van der Waals surface area contributed by atoms with E-state index in [4.69, 9.17) is 0 Å². The highest BCUT2D eigenvalue weighted by Crippen LogP contribution is 2.17. The lowest BCUT2D eigenvalue weighted by atomic mass is 10.0. The zero-order valence-corrected chi connectivity index (χ0v) is 16.1. The van der Waals surface area contributed by atoms with Gasteiger partial charge in [0.2, 0.25) is 11.8 Å². The molecule has 2 N–H and O–H groups in total. The number of rotatable bonds is 7. The maximum atomic E-state index is 12.9. The van der Waals surface area contributed by atoms with E-state index in [1.165, 1.54) is 29.8 Å². The highest BCUT2D eigenvalue weighted by molar-refractivity contribution is 5.96. The summed E-state index contributed by atoms with van der Waals surface area (Å²) in [5.41, 5.74) is 2.44. The third-order valence-electron chi connectivity index (χ3n) is 4.41. The normalized spacial score (nSPS) is 12.1. The standard InChI is InChI=1S/C21H26FN3O2/c1-14(2)16-5-9-19(10-6-16)24-21(27)15(3)25(4)13-20(26)23-18-11-7-17(22)8-12-18/h5-12,14-15H,13H2,1-4H3,(H,23,26)(H,24,27)/t15-/m1/s1. The lowest BCUT2D eigenvalue weighted by Crippen LogP contribution is -2.43. The van der Waals surface area contributed by atoms with Crippen molar-refractivity contribution in [3.05, 3.63) is 59.9 Å². The van der Waals surface area contributed by atoms with Gasteiger partial charge in [0.05, 0.1) is 12.6 Å². The number of benzene rings is 2. The number of hydrogen-bond donors (Lipinski definition) is 2. The molecule has 2 aromatic rings. The molecule has 0 fully saturated rings. The molecule has 0 unspecified atom stereocenters. The highest BCUT2D eigenvalue weighted by atomic mass is 19.1. The minimum absolute atomic E-state index is 0.0399. The molecule has 2 rings (SSSR count). The molecule has 144 valence electrons. The molecule has 27 heavy (non-hydrogen) atoms. The SMILES string of the molecule is CC(C)c1ccc(NC(=O)[C@@H](C)N(C)CC(=O)Nc2ccc(F)cc2)cc1. The molecule has 0 saturated carbocycles. The van der Waals surface area contributed by atoms with E-state index in [0.29, 0.717) is 11.6 Å². The van der Waals surface area contributed by atoms with E-state index in [1.807, 2.05) is 24.3 Å². The highest BCUT2D eigenvalue weighted by Gasteiger charge is 2.20. The summed E-state index contributed by atoms with van der Waals surface area (Å²) in [6.45, 7) is 6.00. The number of carbonyl (C=O) groups excluding carboxylic acids is 2. The van der Waals surface area contributed by atoms with E-state index in [-0.39, 0.29) is 24.2 Å². The van der Waals surface area contributed by atoms with Crippen LogP contribution in [0.15, 0.2) is 48.5 Å².